The van der Waals surface area contributed by atoms with E-state index in [2.05, 4.69) is 4.90 Å². The standard InChI is InChI=1S/C20H20FNO3S/c1-12(23)25-18-10-15-11-22(8-7-17(15)26-18)19(20(24)13-5-6-13)14-3-2-4-16(21)9-14/h2-4,9-10,13,19H,5-8,11H2,1H3/t19-/m0/s1. The maximum absolute atomic E-state index is 13.8. The Balaban J connectivity index is 1.61. The molecule has 2 aromatic rings. The van der Waals surface area contributed by atoms with Gasteiger partial charge in [0, 0.05) is 30.8 Å². The average Bonchev–Trinajstić information content (AvgIpc) is 3.35. The second-order valence-corrected chi connectivity index (χ2v) is 8.06. The van der Waals surface area contributed by atoms with Crippen LogP contribution in [0.25, 0.3) is 0 Å². The number of hydrogen-bond donors (Lipinski definition) is 0. The van der Waals surface area contributed by atoms with E-state index in [0.717, 1.165) is 36.9 Å². The molecule has 0 saturated heterocycles. The van der Waals surface area contributed by atoms with Gasteiger partial charge >= 0.3 is 5.97 Å². The molecule has 0 bridgehead atoms. The van der Waals surface area contributed by atoms with E-state index in [1.54, 1.807) is 6.07 Å². The molecule has 26 heavy (non-hydrogen) atoms. The highest BCUT2D eigenvalue weighted by Crippen LogP contribution is 2.40. The monoisotopic (exact) mass is 373 g/mol. The van der Waals surface area contributed by atoms with Gasteiger partial charge in [0.2, 0.25) is 0 Å². The second-order valence-electron chi connectivity index (χ2n) is 6.96. The highest BCUT2D eigenvalue weighted by Gasteiger charge is 2.39. The van der Waals surface area contributed by atoms with Crippen LogP contribution in [-0.4, -0.2) is 23.2 Å². The van der Waals surface area contributed by atoms with Crippen LogP contribution in [0.1, 0.15) is 41.8 Å². The van der Waals surface area contributed by atoms with Crippen molar-refractivity contribution in [3.8, 4) is 5.06 Å². The van der Waals surface area contributed by atoms with E-state index in [1.807, 2.05) is 12.1 Å². The molecule has 0 radical (unpaired) electrons. The highest BCUT2D eigenvalue weighted by molar-refractivity contribution is 7.14. The Morgan fingerprint density at radius 3 is 2.81 bits per heavy atom. The lowest BCUT2D eigenvalue weighted by molar-refractivity contribution is -0.131. The molecule has 4 nitrogen and oxygen atoms in total. The van der Waals surface area contributed by atoms with Crippen molar-refractivity contribution in [3.05, 3.63) is 52.2 Å². The largest absolute Gasteiger partial charge is 0.416 e. The van der Waals surface area contributed by atoms with E-state index in [9.17, 15) is 14.0 Å². The Kier molecular flexibility index (Phi) is 4.63. The normalized spacial score (nSPS) is 18.2. The van der Waals surface area contributed by atoms with Gasteiger partial charge in [-0.3, -0.25) is 14.5 Å². The molecule has 2 aliphatic rings. The SMILES string of the molecule is CC(=O)Oc1cc2c(s1)CCN([C@H](C(=O)C1CC1)c1cccc(F)c1)C2. The molecule has 1 aromatic carbocycles. The van der Waals surface area contributed by atoms with Crippen molar-refractivity contribution in [3.63, 3.8) is 0 Å². The summed E-state index contributed by atoms with van der Waals surface area (Å²) in [5.41, 5.74) is 1.81. The lowest BCUT2D eigenvalue weighted by Crippen LogP contribution is -2.38. The summed E-state index contributed by atoms with van der Waals surface area (Å²) in [6, 6.07) is 7.85. The van der Waals surface area contributed by atoms with Gasteiger partial charge < -0.3 is 4.74 Å². The first-order chi connectivity index (χ1) is 12.5. The van der Waals surface area contributed by atoms with Crippen molar-refractivity contribution in [2.45, 2.75) is 38.8 Å². The van der Waals surface area contributed by atoms with Gasteiger partial charge in [-0.25, -0.2) is 4.39 Å². The molecule has 0 unspecified atom stereocenters. The first-order valence-corrected chi connectivity index (χ1v) is 9.66. The van der Waals surface area contributed by atoms with E-state index in [-0.39, 0.29) is 23.5 Å². The molecule has 1 aliphatic carbocycles. The molecule has 2 heterocycles. The van der Waals surface area contributed by atoms with Crippen LogP contribution >= 0.6 is 11.3 Å². The molecular weight excluding hydrogens is 353 g/mol. The van der Waals surface area contributed by atoms with E-state index in [0.29, 0.717) is 11.6 Å². The number of carbonyl (C=O) groups is 2. The Hall–Kier alpha value is -2.05. The lowest BCUT2D eigenvalue weighted by atomic mass is 9.95. The molecule has 0 N–H and O–H groups in total. The third-order valence-electron chi connectivity index (χ3n) is 4.90. The number of carbonyl (C=O) groups excluding carboxylic acids is 2. The van der Waals surface area contributed by atoms with Crippen molar-refractivity contribution in [1.29, 1.82) is 0 Å². The number of fused-ring (bicyclic) bond motifs is 1. The van der Waals surface area contributed by atoms with Gasteiger partial charge in [0.25, 0.3) is 0 Å². The number of benzene rings is 1. The maximum atomic E-state index is 13.8. The molecule has 6 heteroatoms. The molecule has 1 saturated carbocycles. The average molecular weight is 373 g/mol. The predicted molar refractivity (Wildman–Crippen MR) is 96.6 cm³/mol. The zero-order chi connectivity index (χ0) is 18.3. The minimum Gasteiger partial charge on any atom is -0.416 e. The van der Waals surface area contributed by atoms with Crippen LogP contribution in [0.2, 0.25) is 0 Å². The number of halogens is 1. The maximum Gasteiger partial charge on any atom is 0.308 e. The Bertz CT molecular complexity index is 858. The van der Waals surface area contributed by atoms with Crippen molar-refractivity contribution in [2.75, 3.05) is 6.54 Å². The summed E-state index contributed by atoms with van der Waals surface area (Å²) in [5, 5.41) is 0.597. The smallest absolute Gasteiger partial charge is 0.308 e. The fraction of sp³-hybridized carbons (Fsp3) is 0.400. The summed E-state index contributed by atoms with van der Waals surface area (Å²) in [6.45, 7) is 2.72. The third kappa shape index (κ3) is 3.57. The van der Waals surface area contributed by atoms with E-state index < -0.39 is 6.04 Å². The van der Waals surface area contributed by atoms with Crippen LogP contribution < -0.4 is 4.74 Å². The minimum atomic E-state index is -0.413. The van der Waals surface area contributed by atoms with Crippen molar-refractivity contribution >= 4 is 23.1 Å². The number of esters is 1. The topological polar surface area (TPSA) is 46.6 Å². The van der Waals surface area contributed by atoms with E-state index in [4.69, 9.17) is 4.74 Å². The fourth-order valence-electron chi connectivity index (χ4n) is 3.56. The van der Waals surface area contributed by atoms with Crippen LogP contribution in [0.3, 0.4) is 0 Å². The van der Waals surface area contributed by atoms with Gasteiger partial charge in [-0.2, -0.15) is 0 Å². The Labute approximate surface area is 155 Å². The summed E-state index contributed by atoms with van der Waals surface area (Å²) in [4.78, 5) is 27.4. The second kappa shape index (κ2) is 6.93. The van der Waals surface area contributed by atoms with Gasteiger partial charge in [0.1, 0.15) is 5.82 Å². The number of hydrogen-bond acceptors (Lipinski definition) is 5. The van der Waals surface area contributed by atoms with Crippen molar-refractivity contribution in [2.24, 2.45) is 5.92 Å². The molecule has 4 rings (SSSR count). The highest BCUT2D eigenvalue weighted by atomic mass is 32.1. The van der Waals surface area contributed by atoms with Gasteiger partial charge in [0.15, 0.2) is 10.8 Å². The van der Waals surface area contributed by atoms with Crippen LogP contribution in [-0.2, 0) is 22.6 Å². The van der Waals surface area contributed by atoms with Crippen molar-refractivity contribution < 1.29 is 18.7 Å². The first kappa shape index (κ1) is 17.4. The van der Waals surface area contributed by atoms with E-state index in [1.165, 1.54) is 35.3 Å². The van der Waals surface area contributed by atoms with Crippen LogP contribution in [0.5, 0.6) is 5.06 Å². The van der Waals surface area contributed by atoms with Gasteiger partial charge in [-0.05, 0) is 48.6 Å². The Morgan fingerprint density at radius 1 is 1.31 bits per heavy atom. The number of ether oxygens (including phenoxy) is 1. The summed E-state index contributed by atoms with van der Waals surface area (Å²) in [6.07, 6.45) is 2.66. The quantitative estimate of drug-likeness (QED) is 0.746. The first-order valence-electron chi connectivity index (χ1n) is 8.84. The third-order valence-corrected chi connectivity index (χ3v) is 6.01. The minimum absolute atomic E-state index is 0.101. The summed E-state index contributed by atoms with van der Waals surface area (Å²) >= 11 is 1.49. The Morgan fingerprint density at radius 2 is 2.12 bits per heavy atom. The fourth-order valence-corrected chi connectivity index (χ4v) is 4.61. The van der Waals surface area contributed by atoms with Crippen molar-refractivity contribution in [1.82, 2.24) is 4.90 Å². The predicted octanol–water partition coefficient (Wildman–Crippen LogP) is 3.89. The van der Waals surface area contributed by atoms with Gasteiger partial charge in [-0.15, -0.1) is 11.3 Å². The number of nitrogens with zero attached hydrogens (tertiary/aromatic N) is 1. The number of rotatable bonds is 5. The zero-order valence-corrected chi connectivity index (χ0v) is 15.4. The molecule has 0 amide bonds. The molecule has 1 aromatic heterocycles. The van der Waals surface area contributed by atoms with Crippen LogP contribution in [0.15, 0.2) is 30.3 Å². The number of Topliss-reactive ketones (excluding diaryl/α,β-unsaturated/α-hetero) is 1. The molecule has 1 fully saturated rings. The molecule has 1 aliphatic heterocycles. The lowest BCUT2D eigenvalue weighted by Gasteiger charge is -2.34. The van der Waals surface area contributed by atoms with Crippen LogP contribution in [0, 0.1) is 11.7 Å². The number of thiophene rings is 1. The number of ketones is 1. The van der Waals surface area contributed by atoms with Gasteiger partial charge in [0.05, 0.1) is 6.04 Å². The summed E-state index contributed by atoms with van der Waals surface area (Å²) in [7, 11) is 0. The molecule has 0 spiro atoms. The zero-order valence-electron chi connectivity index (χ0n) is 14.5. The van der Waals surface area contributed by atoms with E-state index >= 15 is 0 Å². The molecule has 1 atom stereocenters. The van der Waals surface area contributed by atoms with Crippen LogP contribution in [0.4, 0.5) is 4.39 Å². The summed E-state index contributed by atoms with van der Waals surface area (Å²) in [5.74, 6) is -0.360. The summed E-state index contributed by atoms with van der Waals surface area (Å²) < 4.78 is 19.0. The molecular formula is C20H20FNO3S. The molecule has 136 valence electrons. The van der Waals surface area contributed by atoms with Gasteiger partial charge in [-0.1, -0.05) is 12.1 Å².